The van der Waals surface area contributed by atoms with Crippen molar-refractivity contribution >= 4 is 11.4 Å². The van der Waals surface area contributed by atoms with Crippen molar-refractivity contribution in [3.63, 3.8) is 0 Å². The number of ether oxygens (including phenoxy) is 1. The molecule has 0 saturated heterocycles. The van der Waals surface area contributed by atoms with E-state index in [2.05, 4.69) is 32.3 Å². The molecule has 0 unspecified atom stereocenters. The van der Waals surface area contributed by atoms with Gasteiger partial charge in [0, 0.05) is 30.2 Å². The first-order valence-electron chi connectivity index (χ1n) is 11.7. The average molecular weight is 532 g/mol. The van der Waals surface area contributed by atoms with Gasteiger partial charge < -0.3 is 15.0 Å². The third-order valence-corrected chi connectivity index (χ3v) is 5.80. The molecule has 14 heteroatoms. The summed E-state index contributed by atoms with van der Waals surface area (Å²) < 4.78 is 58.9. The number of nitrogens with one attached hydrogen (secondary N) is 1. The number of aryl methyl sites for hydroxylation is 1. The fraction of sp³-hybridized carbons (Fsp3) is 0.565. The van der Waals surface area contributed by atoms with Gasteiger partial charge in [-0.15, -0.1) is 0 Å². The number of allylic oxidation sites excluding steroid dienone is 5. The number of nitrogens with two attached hydrogens (primary N) is 1. The number of hydrazine groups is 1. The maximum Gasteiger partial charge on any atom is 0.460 e. The fourth-order valence-electron chi connectivity index (χ4n) is 3.21. The van der Waals surface area contributed by atoms with Crippen molar-refractivity contribution in [2.45, 2.75) is 59.5 Å². The molecule has 206 valence electrons. The molecule has 1 aromatic rings. The van der Waals surface area contributed by atoms with Gasteiger partial charge >= 0.3 is 18.2 Å². The van der Waals surface area contributed by atoms with Crippen LogP contribution in [0.5, 0.6) is 0 Å². The molecule has 0 radical (unpaired) electrons. The Morgan fingerprint density at radius 3 is 2.49 bits per heavy atom. The van der Waals surface area contributed by atoms with Crippen molar-refractivity contribution in [2.75, 3.05) is 6.61 Å². The molecule has 37 heavy (non-hydrogen) atoms. The second kappa shape index (κ2) is 12.7. The number of hydrogen-bond acceptors (Lipinski definition) is 8. The van der Waals surface area contributed by atoms with Gasteiger partial charge in [-0.25, -0.2) is 4.79 Å². The molecule has 1 heterocycles. The number of aromatic nitrogens is 4. The standard InChI is InChI=1S/C23H33F4N7O3/c1-7-13(3)19(37-23(26,27)21(24)25)11-14(4)15(5)30-36-12-17(20(29-28)16-9-10-16)18(8-2)34-22(35)33(6)31-32-34/h8,11,13,16,21,29H,4,7,9-10,12,28H2,1-3,5-6H3/b18-8+,19-11+,20-17-,30-15+/t13-/m0/s1. The van der Waals surface area contributed by atoms with E-state index in [9.17, 15) is 22.4 Å². The van der Waals surface area contributed by atoms with Gasteiger partial charge in [0.25, 0.3) is 0 Å². The highest BCUT2D eigenvalue weighted by molar-refractivity contribution is 5.99. The fourth-order valence-corrected chi connectivity index (χ4v) is 3.21. The van der Waals surface area contributed by atoms with Gasteiger partial charge in [-0.2, -0.15) is 26.9 Å². The SMILES string of the molecule is C=C(/C=C(/OC(F)(F)C(F)F)[C@@H](C)CC)/C(C)=N/OCC(/C(=C\C)n1nnn(C)c1=O)=C(/NN)C1CC1. The van der Waals surface area contributed by atoms with Crippen LogP contribution >= 0.6 is 0 Å². The highest BCUT2D eigenvalue weighted by atomic mass is 19.3. The van der Waals surface area contributed by atoms with Crippen LogP contribution in [0.3, 0.4) is 0 Å². The summed E-state index contributed by atoms with van der Waals surface area (Å²) in [4.78, 5) is 18.0. The number of nitrogens with zero attached hydrogens (tertiary/aromatic N) is 5. The van der Waals surface area contributed by atoms with Gasteiger partial charge in [0.2, 0.25) is 0 Å². The summed E-state index contributed by atoms with van der Waals surface area (Å²) in [5.41, 5.74) is 4.08. The van der Waals surface area contributed by atoms with E-state index in [-0.39, 0.29) is 29.6 Å². The summed E-state index contributed by atoms with van der Waals surface area (Å²) >= 11 is 0. The van der Waals surface area contributed by atoms with Crippen LogP contribution in [0, 0.1) is 11.8 Å². The van der Waals surface area contributed by atoms with Gasteiger partial charge in [0.15, 0.2) is 0 Å². The van der Waals surface area contributed by atoms with Gasteiger partial charge in [-0.05, 0) is 55.2 Å². The summed E-state index contributed by atoms with van der Waals surface area (Å²) in [6.07, 6.45) is -3.70. The number of alkyl halides is 4. The Balaban J connectivity index is 2.30. The van der Waals surface area contributed by atoms with Crippen molar-refractivity contribution in [2.24, 2.45) is 29.9 Å². The molecule has 1 fully saturated rings. The summed E-state index contributed by atoms with van der Waals surface area (Å²) in [5.74, 6) is 4.98. The summed E-state index contributed by atoms with van der Waals surface area (Å²) in [5, 5.41) is 11.6. The number of oxime groups is 1. The molecular weight excluding hydrogens is 498 g/mol. The van der Waals surface area contributed by atoms with Crippen LogP contribution in [-0.2, 0) is 16.6 Å². The number of hydrogen-bond donors (Lipinski definition) is 2. The van der Waals surface area contributed by atoms with Crippen molar-refractivity contribution < 1.29 is 27.1 Å². The van der Waals surface area contributed by atoms with Crippen LogP contribution in [0.15, 0.2) is 51.3 Å². The Hall–Kier alpha value is -3.42. The van der Waals surface area contributed by atoms with E-state index in [0.29, 0.717) is 23.4 Å². The zero-order valence-electron chi connectivity index (χ0n) is 21.5. The smallest absolute Gasteiger partial charge is 0.433 e. The zero-order chi connectivity index (χ0) is 27.9. The predicted molar refractivity (Wildman–Crippen MR) is 130 cm³/mol. The quantitative estimate of drug-likeness (QED) is 0.0937. The van der Waals surface area contributed by atoms with Crippen molar-refractivity contribution in [1.29, 1.82) is 0 Å². The first-order valence-corrected chi connectivity index (χ1v) is 11.7. The maximum absolute atomic E-state index is 13.5. The summed E-state index contributed by atoms with van der Waals surface area (Å²) in [6.45, 7) is 10.1. The molecule has 0 aliphatic heterocycles. The molecule has 0 spiro atoms. The zero-order valence-corrected chi connectivity index (χ0v) is 21.5. The highest BCUT2D eigenvalue weighted by Crippen LogP contribution is 2.38. The number of halogens is 4. The van der Waals surface area contributed by atoms with Gasteiger partial charge in [0.05, 0.1) is 11.4 Å². The Labute approximate surface area is 212 Å². The van der Waals surface area contributed by atoms with Gasteiger partial charge in [-0.3, -0.25) is 5.84 Å². The largest absolute Gasteiger partial charge is 0.460 e. The lowest BCUT2D eigenvalue weighted by atomic mass is 10.0. The van der Waals surface area contributed by atoms with Crippen molar-refractivity contribution in [3.05, 3.63) is 51.8 Å². The molecule has 0 bridgehead atoms. The normalized spacial score (nSPS) is 17.0. The lowest BCUT2D eigenvalue weighted by Crippen LogP contribution is -2.31. The predicted octanol–water partition coefficient (Wildman–Crippen LogP) is 3.72. The highest BCUT2D eigenvalue weighted by Gasteiger charge is 2.45. The van der Waals surface area contributed by atoms with Crippen LogP contribution in [-0.4, -0.2) is 44.6 Å². The van der Waals surface area contributed by atoms with Crippen LogP contribution in [0.4, 0.5) is 17.6 Å². The second-order valence-corrected chi connectivity index (χ2v) is 8.58. The average Bonchev–Trinajstić information content (AvgIpc) is 3.64. The first-order chi connectivity index (χ1) is 17.4. The van der Waals surface area contributed by atoms with Crippen molar-refractivity contribution in [1.82, 2.24) is 25.2 Å². The lowest BCUT2D eigenvalue weighted by Gasteiger charge is -2.22. The number of rotatable bonds is 14. The molecule has 10 nitrogen and oxygen atoms in total. The Bertz CT molecular complexity index is 1150. The minimum absolute atomic E-state index is 0.127. The Morgan fingerprint density at radius 1 is 1.38 bits per heavy atom. The van der Waals surface area contributed by atoms with E-state index < -0.39 is 24.1 Å². The topological polar surface area (TPSA) is 122 Å². The molecule has 0 aromatic carbocycles. The van der Waals surface area contributed by atoms with E-state index in [0.717, 1.165) is 28.3 Å². The first kappa shape index (κ1) is 29.8. The molecule has 2 rings (SSSR count). The summed E-state index contributed by atoms with van der Waals surface area (Å²) in [7, 11) is 1.46. The van der Waals surface area contributed by atoms with Crippen molar-refractivity contribution in [3.8, 4) is 0 Å². The van der Waals surface area contributed by atoms with Crippen LogP contribution < -0.4 is 17.0 Å². The van der Waals surface area contributed by atoms with Crippen LogP contribution in [0.1, 0.15) is 47.0 Å². The van der Waals surface area contributed by atoms with E-state index in [4.69, 9.17) is 10.7 Å². The van der Waals surface area contributed by atoms with E-state index >= 15 is 0 Å². The van der Waals surface area contributed by atoms with E-state index in [1.807, 2.05) is 0 Å². The monoisotopic (exact) mass is 531 g/mol. The molecule has 3 N–H and O–H groups in total. The lowest BCUT2D eigenvalue weighted by molar-refractivity contribution is -0.285. The second-order valence-electron chi connectivity index (χ2n) is 8.58. The minimum atomic E-state index is -4.65. The van der Waals surface area contributed by atoms with Gasteiger partial charge in [-0.1, -0.05) is 31.7 Å². The Morgan fingerprint density at radius 2 is 2.03 bits per heavy atom. The van der Waals surface area contributed by atoms with Gasteiger partial charge in [0.1, 0.15) is 12.4 Å². The van der Waals surface area contributed by atoms with Crippen LogP contribution in [0.2, 0.25) is 0 Å². The molecule has 1 aliphatic rings. The third kappa shape index (κ3) is 7.54. The maximum atomic E-state index is 13.5. The molecule has 0 amide bonds. The third-order valence-electron chi connectivity index (χ3n) is 5.80. The number of tetrazole rings is 1. The molecule has 1 atom stereocenters. The molecule has 1 aromatic heterocycles. The summed E-state index contributed by atoms with van der Waals surface area (Å²) in [6, 6.07) is 0. The van der Waals surface area contributed by atoms with Crippen LogP contribution in [0.25, 0.3) is 5.70 Å². The molecule has 1 saturated carbocycles. The van der Waals surface area contributed by atoms with E-state index in [1.165, 1.54) is 14.0 Å². The Kier molecular flexibility index (Phi) is 10.2. The molecular formula is C23H33F4N7O3. The van der Waals surface area contributed by atoms with E-state index in [1.54, 1.807) is 26.8 Å². The minimum Gasteiger partial charge on any atom is -0.433 e. The molecule has 1 aliphatic carbocycles.